The summed E-state index contributed by atoms with van der Waals surface area (Å²) in [6, 6.07) is 14.1. The van der Waals surface area contributed by atoms with E-state index in [9.17, 15) is 14.3 Å². The molecule has 5 heteroatoms. The quantitative estimate of drug-likeness (QED) is 0.783. The fourth-order valence-corrected chi connectivity index (χ4v) is 3.88. The summed E-state index contributed by atoms with van der Waals surface area (Å²) >= 11 is 0. The molecule has 0 amide bonds. The molecule has 0 spiro atoms. The van der Waals surface area contributed by atoms with Crippen molar-refractivity contribution in [3.8, 4) is 5.75 Å². The van der Waals surface area contributed by atoms with Gasteiger partial charge in [-0.25, -0.2) is 4.39 Å². The number of carbonyl (C=O) groups excluding carboxylic acids is 1. The van der Waals surface area contributed by atoms with Crippen LogP contribution in [0.4, 0.5) is 4.39 Å². The average molecular weight is 394 g/mol. The minimum atomic E-state index is -0.701. The van der Waals surface area contributed by atoms with Crippen molar-refractivity contribution in [3.05, 3.63) is 83.2 Å². The molecule has 0 bridgehead atoms. The Morgan fingerprint density at radius 3 is 2.59 bits per heavy atom. The van der Waals surface area contributed by atoms with Crippen LogP contribution in [0.5, 0.6) is 5.75 Å². The van der Waals surface area contributed by atoms with Gasteiger partial charge in [-0.2, -0.15) is 0 Å². The van der Waals surface area contributed by atoms with Crippen LogP contribution in [0.15, 0.2) is 66.3 Å². The molecule has 1 fully saturated rings. The highest BCUT2D eigenvalue weighted by Crippen LogP contribution is 2.44. The van der Waals surface area contributed by atoms with Gasteiger partial charge in [0.2, 0.25) is 0 Å². The summed E-state index contributed by atoms with van der Waals surface area (Å²) in [7, 11) is 0. The Morgan fingerprint density at radius 2 is 1.86 bits per heavy atom. The van der Waals surface area contributed by atoms with Crippen LogP contribution in [0.2, 0.25) is 0 Å². The molecular formula is C24H23FO4. The van der Waals surface area contributed by atoms with Gasteiger partial charge in [0.25, 0.3) is 0 Å². The first-order chi connectivity index (χ1) is 13.8. The zero-order chi connectivity index (χ0) is 20.6. The van der Waals surface area contributed by atoms with E-state index in [1.54, 1.807) is 18.2 Å². The molecule has 0 saturated carbocycles. The van der Waals surface area contributed by atoms with Gasteiger partial charge in [-0.3, -0.25) is 4.79 Å². The second kappa shape index (κ2) is 7.48. The Bertz CT molecular complexity index is 988. The second-order valence-electron chi connectivity index (χ2n) is 7.89. The second-order valence-corrected chi connectivity index (χ2v) is 7.89. The van der Waals surface area contributed by atoms with E-state index in [0.29, 0.717) is 6.42 Å². The number of aliphatic hydroxyl groups is 1. The van der Waals surface area contributed by atoms with Crippen molar-refractivity contribution in [2.75, 3.05) is 0 Å². The Kier molecular flexibility index (Phi) is 5.01. The normalized spacial score (nSPS) is 23.5. The predicted octanol–water partition coefficient (Wildman–Crippen LogP) is 4.42. The third kappa shape index (κ3) is 3.96. The van der Waals surface area contributed by atoms with Crippen LogP contribution >= 0.6 is 0 Å². The highest BCUT2D eigenvalue weighted by atomic mass is 19.1. The van der Waals surface area contributed by atoms with Gasteiger partial charge in [0.1, 0.15) is 23.3 Å². The van der Waals surface area contributed by atoms with Gasteiger partial charge < -0.3 is 14.6 Å². The summed E-state index contributed by atoms with van der Waals surface area (Å²) in [6.07, 6.45) is 2.87. The van der Waals surface area contributed by atoms with Crippen molar-refractivity contribution in [1.29, 1.82) is 0 Å². The van der Waals surface area contributed by atoms with Crippen molar-refractivity contribution in [2.24, 2.45) is 0 Å². The lowest BCUT2D eigenvalue weighted by Crippen LogP contribution is -2.35. The number of carbonyl (C=O) groups is 1. The standard InChI is InChI=1S/C24H23FO4/c1-24(2)20(12-11-18-13-17(26)14-22(27)28-18)23(15-7-9-16(25)10-8-15)19-5-3-4-6-21(19)29-24/h3-12,17-18,26H,13-14H2,1-2H3. The van der Waals surface area contributed by atoms with Crippen LogP contribution in [-0.4, -0.2) is 28.9 Å². The molecule has 2 aromatic carbocycles. The van der Waals surface area contributed by atoms with Crippen molar-refractivity contribution < 1.29 is 23.8 Å². The SMILES string of the molecule is CC1(C)Oc2ccccc2C(c2ccc(F)cc2)=C1C=CC1CC(O)CC(=O)O1. The molecule has 4 nitrogen and oxygen atoms in total. The molecule has 0 radical (unpaired) electrons. The summed E-state index contributed by atoms with van der Waals surface area (Å²) in [5.41, 5.74) is 2.95. The summed E-state index contributed by atoms with van der Waals surface area (Å²) in [6.45, 7) is 3.93. The molecule has 2 aliphatic rings. The van der Waals surface area contributed by atoms with E-state index in [1.165, 1.54) is 12.1 Å². The molecule has 0 aromatic heterocycles. The largest absolute Gasteiger partial charge is 0.482 e. The van der Waals surface area contributed by atoms with Crippen LogP contribution in [0, 0.1) is 5.82 Å². The Morgan fingerprint density at radius 1 is 1.14 bits per heavy atom. The predicted molar refractivity (Wildman–Crippen MR) is 108 cm³/mol. The van der Waals surface area contributed by atoms with E-state index in [1.807, 2.05) is 44.2 Å². The van der Waals surface area contributed by atoms with Crippen LogP contribution in [-0.2, 0) is 9.53 Å². The van der Waals surface area contributed by atoms with Gasteiger partial charge in [0.15, 0.2) is 0 Å². The van der Waals surface area contributed by atoms with Gasteiger partial charge in [-0.05, 0) is 49.3 Å². The monoisotopic (exact) mass is 394 g/mol. The number of halogens is 1. The number of fused-ring (bicyclic) bond motifs is 1. The highest BCUT2D eigenvalue weighted by Gasteiger charge is 2.34. The fraction of sp³-hybridized carbons (Fsp3) is 0.292. The molecule has 150 valence electrons. The first kappa shape index (κ1) is 19.4. The van der Waals surface area contributed by atoms with E-state index in [4.69, 9.17) is 9.47 Å². The van der Waals surface area contributed by atoms with Gasteiger partial charge >= 0.3 is 5.97 Å². The van der Waals surface area contributed by atoms with E-state index in [2.05, 4.69) is 0 Å². The Hall–Kier alpha value is -2.92. The van der Waals surface area contributed by atoms with E-state index in [-0.39, 0.29) is 12.2 Å². The number of hydrogen-bond acceptors (Lipinski definition) is 4. The zero-order valence-corrected chi connectivity index (χ0v) is 16.4. The molecule has 0 aliphatic carbocycles. The Balaban J connectivity index is 1.83. The van der Waals surface area contributed by atoms with E-state index < -0.39 is 23.8 Å². The average Bonchev–Trinajstić information content (AvgIpc) is 2.65. The summed E-state index contributed by atoms with van der Waals surface area (Å²) < 4.78 is 25.1. The molecule has 2 aliphatic heterocycles. The number of aliphatic hydroxyl groups excluding tert-OH is 1. The van der Waals surface area contributed by atoms with Gasteiger partial charge in [0, 0.05) is 17.6 Å². The molecule has 1 saturated heterocycles. The lowest BCUT2D eigenvalue weighted by atomic mass is 9.82. The fourth-order valence-electron chi connectivity index (χ4n) is 3.88. The molecule has 2 heterocycles. The maximum atomic E-state index is 13.5. The molecule has 4 rings (SSSR count). The van der Waals surface area contributed by atoms with Crippen molar-refractivity contribution in [1.82, 2.24) is 0 Å². The highest BCUT2D eigenvalue weighted by molar-refractivity contribution is 5.88. The number of para-hydroxylation sites is 1. The number of ether oxygens (including phenoxy) is 2. The van der Waals surface area contributed by atoms with Gasteiger partial charge in [-0.1, -0.05) is 36.4 Å². The van der Waals surface area contributed by atoms with Crippen LogP contribution in [0.25, 0.3) is 5.57 Å². The summed E-state index contributed by atoms with van der Waals surface area (Å²) in [4.78, 5) is 11.7. The molecule has 2 aromatic rings. The smallest absolute Gasteiger partial charge is 0.309 e. The maximum Gasteiger partial charge on any atom is 0.309 e. The number of hydrogen-bond donors (Lipinski definition) is 1. The van der Waals surface area contributed by atoms with Crippen LogP contribution < -0.4 is 4.74 Å². The lowest BCUT2D eigenvalue weighted by molar-refractivity contribution is -0.156. The Labute approximate surface area is 169 Å². The van der Waals surface area contributed by atoms with Gasteiger partial charge in [-0.15, -0.1) is 0 Å². The van der Waals surface area contributed by atoms with Crippen LogP contribution in [0.1, 0.15) is 37.8 Å². The molecule has 2 atom stereocenters. The minimum absolute atomic E-state index is 0.0237. The third-order valence-corrected chi connectivity index (χ3v) is 5.24. The minimum Gasteiger partial charge on any atom is -0.482 e. The van der Waals surface area contributed by atoms with Crippen molar-refractivity contribution in [3.63, 3.8) is 0 Å². The lowest BCUT2D eigenvalue weighted by Gasteiger charge is -2.36. The third-order valence-electron chi connectivity index (χ3n) is 5.24. The van der Waals surface area contributed by atoms with Gasteiger partial charge in [0.05, 0.1) is 12.5 Å². The molecule has 29 heavy (non-hydrogen) atoms. The van der Waals surface area contributed by atoms with E-state index in [0.717, 1.165) is 28.0 Å². The maximum absolute atomic E-state index is 13.5. The first-order valence-corrected chi connectivity index (χ1v) is 9.68. The van der Waals surface area contributed by atoms with Crippen molar-refractivity contribution in [2.45, 2.75) is 44.5 Å². The number of rotatable bonds is 3. The first-order valence-electron chi connectivity index (χ1n) is 9.68. The number of esters is 1. The molecule has 1 N–H and O–H groups in total. The summed E-state index contributed by atoms with van der Waals surface area (Å²) in [5, 5.41) is 9.87. The molecular weight excluding hydrogens is 371 g/mol. The van der Waals surface area contributed by atoms with Crippen molar-refractivity contribution >= 4 is 11.5 Å². The molecule has 2 unspecified atom stereocenters. The number of cyclic esters (lactones) is 1. The van der Waals surface area contributed by atoms with E-state index >= 15 is 0 Å². The summed E-state index contributed by atoms with van der Waals surface area (Å²) in [5.74, 6) is 0.0540. The zero-order valence-electron chi connectivity index (χ0n) is 16.4. The topological polar surface area (TPSA) is 55.8 Å². The number of benzene rings is 2. The van der Waals surface area contributed by atoms with Crippen LogP contribution in [0.3, 0.4) is 0 Å².